The lowest BCUT2D eigenvalue weighted by Crippen LogP contribution is -2.65. The Morgan fingerprint density at radius 2 is 1.31 bits per heavy atom. The van der Waals surface area contributed by atoms with Gasteiger partial charge in [0.15, 0.2) is 17.3 Å². The van der Waals surface area contributed by atoms with Gasteiger partial charge in [-0.25, -0.2) is 0 Å². The Morgan fingerprint density at radius 3 is 1.92 bits per heavy atom. The quantitative estimate of drug-likeness (QED) is 0.212. The molecule has 262 valence electrons. The lowest BCUT2D eigenvalue weighted by Gasteiger charge is -2.56. The number of phenols is 1. The van der Waals surface area contributed by atoms with Gasteiger partial charge >= 0.3 is 5.79 Å². The van der Waals surface area contributed by atoms with Crippen LogP contribution in [0.3, 0.4) is 0 Å². The van der Waals surface area contributed by atoms with Gasteiger partial charge in [0.1, 0.15) is 11.5 Å². The van der Waals surface area contributed by atoms with E-state index in [0.29, 0.717) is 36.8 Å². The largest absolute Gasteiger partial charge is 0.507 e. The second kappa shape index (κ2) is 9.88. The summed E-state index contributed by atoms with van der Waals surface area (Å²) in [5.41, 5.74) is -2.56. The third-order valence-corrected chi connectivity index (χ3v) is 12.8. The van der Waals surface area contributed by atoms with Crippen LogP contribution in [0.15, 0.2) is 33.8 Å². The van der Waals surface area contributed by atoms with Crippen LogP contribution in [-0.4, -0.2) is 44.2 Å². The van der Waals surface area contributed by atoms with Crippen molar-refractivity contribution in [1.29, 1.82) is 0 Å². The predicted octanol–water partition coefficient (Wildman–Crippen LogP) is 7.79. The molecule has 0 saturated heterocycles. The first-order valence-corrected chi connectivity index (χ1v) is 17.7. The van der Waals surface area contributed by atoms with Crippen LogP contribution in [-0.2, 0) is 19.8 Å². The highest BCUT2D eigenvalue weighted by Gasteiger charge is 2.72. The maximum atomic E-state index is 15.5. The van der Waals surface area contributed by atoms with E-state index >= 15 is 4.79 Å². The highest BCUT2D eigenvalue weighted by Crippen LogP contribution is 2.68. The highest BCUT2D eigenvalue weighted by atomic mass is 16.7. The zero-order valence-corrected chi connectivity index (χ0v) is 30.3. The standard InChI is InChI=1S/C40H48O9/c1-17(2)19-26(42)24-23(29(45)27(19)43)39(10)16-12-14-37(7,8)34(39)35(47)40(24)48-31-20(18(3)4)25(41)21-22(32(31)49-40)38(9)15-11-13-36(5,6)33(38)30(46)28(21)44/h17-18,34,41-42,46H,11-16H2,1-10H3. The third kappa shape index (κ3) is 3.88. The van der Waals surface area contributed by atoms with Crippen LogP contribution >= 0.6 is 0 Å². The van der Waals surface area contributed by atoms with E-state index < -0.39 is 79.9 Å². The second-order valence-corrected chi connectivity index (χ2v) is 17.7. The summed E-state index contributed by atoms with van der Waals surface area (Å²) in [5.74, 6) is -8.12. The van der Waals surface area contributed by atoms with Crippen LogP contribution in [0.1, 0.15) is 135 Å². The van der Waals surface area contributed by atoms with Crippen molar-refractivity contribution in [3.8, 4) is 17.2 Å². The van der Waals surface area contributed by atoms with Crippen LogP contribution < -0.4 is 9.47 Å². The molecule has 2 saturated carbocycles. The van der Waals surface area contributed by atoms with Crippen LogP contribution in [0, 0.1) is 28.1 Å². The van der Waals surface area contributed by atoms with Crippen LogP contribution in [0.2, 0.25) is 0 Å². The molecule has 1 heterocycles. The zero-order valence-electron chi connectivity index (χ0n) is 30.3. The summed E-state index contributed by atoms with van der Waals surface area (Å²) in [6.45, 7) is 18.6. The molecule has 0 bridgehead atoms. The van der Waals surface area contributed by atoms with Crippen molar-refractivity contribution >= 4 is 23.1 Å². The minimum Gasteiger partial charge on any atom is -0.507 e. The van der Waals surface area contributed by atoms with E-state index in [0.717, 1.165) is 12.8 Å². The Labute approximate surface area is 287 Å². The Morgan fingerprint density at radius 1 is 0.694 bits per heavy atom. The molecule has 2 fully saturated rings. The number of rotatable bonds is 2. The fraction of sp³-hybridized carbons (Fsp3) is 0.600. The molecule has 4 atom stereocenters. The van der Waals surface area contributed by atoms with Crippen LogP contribution in [0.5, 0.6) is 17.2 Å². The van der Waals surface area contributed by atoms with E-state index in [2.05, 4.69) is 0 Å². The molecule has 49 heavy (non-hydrogen) atoms. The lowest BCUT2D eigenvalue weighted by atomic mass is 9.47. The Balaban J connectivity index is 1.61. The smallest absolute Gasteiger partial charge is 0.344 e. The van der Waals surface area contributed by atoms with Gasteiger partial charge in [-0.05, 0) is 53.9 Å². The molecule has 9 nitrogen and oxygen atoms in total. The molecule has 0 amide bonds. The van der Waals surface area contributed by atoms with Gasteiger partial charge in [0.2, 0.25) is 23.1 Å². The third-order valence-electron chi connectivity index (χ3n) is 12.8. The number of hydrogen-bond acceptors (Lipinski definition) is 9. The number of hydrogen-bond donors (Lipinski definition) is 3. The molecule has 6 aliphatic rings. The van der Waals surface area contributed by atoms with Crippen molar-refractivity contribution in [2.75, 3.05) is 0 Å². The number of aromatic hydroxyl groups is 1. The summed E-state index contributed by atoms with van der Waals surface area (Å²) in [4.78, 5) is 57.7. The second-order valence-electron chi connectivity index (χ2n) is 17.7. The number of aliphatic hydroxyl groups is 2. The number of carbonyl (C=O) groups is 4. The number of ketones is 4. The normalized spacial score (nSPS) is 33.0. The van der Waals surface area contributed by atoms with Gasteiger partial charge in [-0.15, -0.1) is 0 Å². The van der Waals surface area contributed by atoms with Crippen molar-refractivity contribution in [2.24, 2.45) is 28.1 Å². The molecule has 3 N–H and O–H groups in total. The van der Waals surface area contributed by atoms with Crippen molar-refractivity contribution in [2.45, 2.75) is 125 Å². The number of phenolic OH excluding ortho intramolecular Hbond substituents is 1. The maximum Gasteiger partial charge on any atom is 0.344 e. The van der Waals surface area contributed by atoms with Crippen molar-refractivity contribution < 1.29 is 44.0 Å². The molecule has 1 spiro atoms. The first-order valence-electron chi connectivity index (χ1n) is 17.7. The summed E-state index contributed by atoms with van der Waals surface area (Å²) in [6, 6.07) is 0. The minimum absolute atomic E-state index is 0.0353. The predicted molar refractivity (Wildman–Crippen MR) is 181 cm³/mol. The van der Waals surface area contributed by atoms with E-state index in [9.17, 15) is 29.7 Å². The van der Waals surface area contributed by atoms with Gasteiger partial charge in [0.25, 0.3) is 0 Å². The van der Waals surface area contributed by atoms with E-state index in [-0.39, 0.29) is 45.1 Å². The molecule has 9 heteroatoms. The van der Waals surface area contributed by atoms with Gasteiger partial charge in [-0.3, -0.25) is 19.2 Å². The summed E-state index contributed by atoms with van der Waals surface area (Å²) < 4.78 is 13.8. The first-order chi connectivity index (χ1) is 22.6. The van der Waals surface area contributed by atoms with Gasteiger partial charge in [0, 0.05) is 39.0 Å². The number of carbonyl (C=O) groups excluding carboxylic acids is 4. The number of fused-ring (bicyclic) bond motifs is 8. The summed E-state index contributed by atoms with van der Waals surface area (Å²) in [7, 11) is 0. The molecule has 0 radical (unpaired) electrons. The van der Waals surface area contributed by atoms with Gasteiger partial charge in [-0.1, -0.05) is 82.1 Å². The average molecular weight is 673 g/mol. The van der Waals surface area contributed by atoms with Crippen molar-refractivity contribution in [3.05, 3.63) is 50.5 Å². The number of benzene rings is 1. The minimum atomic E-state index is -2.38. The van der Waals surface area contributed by atoms with E-state index in [4.69, 9.17) is 9.47 Å². The van der Waals surface area contributed by atoms with Crippen LogP contribution in [0.25, 0.3) is 0 Å². The maximum absolute atomic E-state index is 15.5. The molecule has 1 aliphatic heterocycles. The lowest BCUT2D eigenvalue weighted by molar-refractivity contribution is -0.170. The van der Waals surface area contributed by atoms with E-state index in [1.165, 1.54) is 0 Å². The summed E-state index contributed by atoms with van der Waals surface area (Å²) >= 11 is 0. The van der Waals surface area contributed by atoms with E-state index in [1.807, 2.05) is 55.4 Å². The number of allylic oxidation sites excluding steroid dienone is 4. The van der Waals surface area contributed by atoms with Crippen molar-refractivity contribution in [3.63, 3.8) is 0 Å². The molecule has 1 aromatic rings. The molecule has 5 aliphatic carbocycles. The van der Waals surface area contributed by atoms with Crippen molar-refractivity contribution in [1.82, 2.24) is 0 Å². The Kier molecular flexibility index (Phi) is 6.78. The van der Waals surface area contributed by atoms with E-state index in [1.54, 1.807) is 13.8 Å². The fourth-order valence-corrected chi connectivity index (χ4v) is 11.0. The summed E-state index contributed by atoms with van der Waals surface area (Å²) in [6.07, 6.45) is 3.82. The molecular formula is C40H48O9. The van der Waals surface area contributed by atoms with Gasteiger partial charge in [-0.2, -0.15) is 0 Å². The number of Topliss-reactive ketones (excluding diaryl/α,β-unsaturated/α-hetero) is 4. The molecule has 7 rings (SSSR count). The monoisotopic (exact) mass is 672 g/mol. The Bertz CT molecular complexity index is 1920. The molecule has 4 unspecified atom stereocenters. The average Bonchev–Trinajstić information content (AvgIpc) is 3.35. The number of ether oxygens (including phenoxy) is 2. The topological polar surface area (TPSA) is 147 Å². The van der Waals surface area contributed by atoms with Crippen LogP contribution in [0.4, 0.5) is 0 Å². The molecule has 1 aromatic carbocycles. The first kappa shape index (κ1) is 33.6. The summed E-state index contributed by atoms with van der Waals surface area (Å²) in [5, 5.41) is 35.6. The fourth-order valence-electron chi connectivity index (χ4n) is 11.0. The SMILES string of the molecule is CC(C)C1=C(O)C2=C(C(=O)C1=O)C1(C)CCCC(C)(C)C1C(=O)C21Oc2c(c3c(c(O)c2C(C)C)C(=O)C(O)=C2C(C)(C)CCCC23C)O1. The van der Waals surface area contributed by atoms with Gasteiger partial charge < -0.3 is 24.8 Å². The molecule has 0 aromatic heterocycles. The zero-order chi connectivity index (χ0) is 36.1. The number of aliphatic hydroxyl groups excluding tert-OH is 2. The molecular weight excluding hydrogens is 624 g/mol. The highest BCUT2D eigenvalue weighted by molar-refractivity contribution is 6.51. The van der Waals surface area contributed by atoms with Gasteiger partial charge in [0.05, 0.1) is 11.1 Å². The Hall–Kier alpha value is -3.88.